The second kappa shape index (κ2) is 8.18. The van der Waals surface area contributed by atoms with Crippen molar-refractivity contribution in [3.8, 4) is 11.3 Å². The van der Waals surface area contributed by atoms with Crippen LogP contribution in [-0.2, 0) is 6.18 Å². The molecule has 2 aromatic heterocycles. The molecule has 2 N–H and O–H groups in total. The Morgan fingerprint density at radius 2 is 1.66 bits per heavy atom. The summed E-state index contributed by atoms with van der Waals surface area (Å²) in [5.74, 6) is 1.04. The van der Waals surface area contributed by atoms with Crippen molar-refractivity contribution >= 4 is 28.2 Å². The largest absolute Gasteiger partial charge is 0.417 e. The van der Waals surface area contributed by atoms with E-state index in [0.717, 1.165) is 55.0 Å². The number of aromatic amines is 1. The first-order valence-electron chi connectivity index (χ1n) is 10.6. The maximum Gasteiger partial charge on any atom is 0.417 e. The standard InChI is InChI=1S/C24H22F3N5/c25-24(26,27)19-10-4-2-8-17(19)21-14-16(32-12-6-1-7-13-32)15-22(28-21)29-23-18-9-3-5-11-20(18)30-31-23/h2-5,8-11,14-15H,1,6-7,12-13H2,(H2,28,29,30,31). The van der Waals surface area contributed by atoms with Crippen LogP contribution in [0.3, 0.4) is 0 Å². The van der Waals surface area contributed by atoms with Gasteiger partial charge in [-0.3, -0.25) is 5.10 Å². The quantitative estimate of drug-likeness (QED) is 0.389. The molecule has 0 atom stereocenters. The van der Waals surface area contributed by atoms with E-state index < -0.39 is 11.7 Å². The molecule has 1 saturated heterocycles. The van der Waals surface area contributed by atoms with Crippen LogP contribution in [0.1, 0.15) is 24.8 Å². The number of aromatic nitrogens is 3. The molecule has 3 heterocycles. The Morgan fingerprint density at radius 3 is 2.47 bits per heavy atom. The van der Waals surface area contributed by atoms with Gasteiger partial charge in [-0.25, -0.2) is 4.98 Å². The summed E-state index contributed by atoms with van der Waals surface area (Å²) in [6.45, 7) is 1.74. The van der Waals surface area contributed by atoms with Gasteiger partial charge >= 0.3 is 6.18 Å². The Bertz CT molecular complexity index is 1240. The molecule has 5 nitrogen and oxygen atoms in total. The fourth-order valence-electron chi connectivity index (χ4n) is 4.19. The van der Waals surface area contributed by atoms with Crippen molar-refractivity contribution in [2.75, 3.05) is 23.3 Å². The number of anilines is 3. The highest BCUT2D eigenvalue weighted by Gasteiger charge is 2.34. The normalized spacial score (nSPS) is 14.7. The summed E-state index contributed by atoms with van der Waals surface area (Å²) in [7, 11) is 0. The van der Waals surface area contributed by atoms with Crippen LogP contribution in [0.2, 0.25) is 0 Å². The SMILES string of the molecule is FC(F)(F)c1ccccc1-c1cc(N2CCCCC2)cc(Nc2n[nH]c3ccccc23)n1. The number of piperidine rings is 1. The Balaban J connectivity index is 1.61. The van der Waals surface area contributed by atoms with Crippen LogP contribution in [0.5, 0.6) is 0 Å². The Labute approximate surface area is 183 Å². The van der Waals surface area contributed by atoms with E-state index in [-0.39, 0.29) is 11.3 Å². The minimum absolute atomic E-state index is 0.0637. The number of fused-ring (bicyclic) bond motifs is 1. The van der Waals surface area contributed by atoms with E-state index in [2.05, 4.69) is 25.4 Å². The Kier molecular flexibility index (Phi) is 5.20. The number of rotatable bonds is 4. The molecule has 0 saturated carbocycles. The smallest absolute Gasteiger partial charge is 0.371 e. The first kappa shape index (κ1) is 20.4. The van der Waals surface area contributed by atoms with E-state index >= 15 is 0 Å². The number of para-hydroxylation sites is 1. The molecule has 8 heteroatoms. The van der Waals surface area contributed by atoms with Crippen molar-refractivity contribution < 1.29 is 13.2 Å². The molecular formula is C24H22F3N5. The van der Waals surface area contributed by atoms with Crippen molar-refractivity contribution in [3.05, 3.63) is 66.2 Å². The molecule has 0 amide bonds. The predicted molar refractivity (Wildman–Crippen MR) is 120 cm³/mol. The topological polar surface area (TPSA) is 56.8 Å². The van der Waals surface area contributed by atoms with Gasteiger partial charge in [0.25, 0.3) is 0 Å². The van der Waals surface area contributed by atoms with Crippen molar-refractivity contribution in [1.82, 2.24) is 15.2 Å². The minimum Gasteiger partial charge on any atom is -0.371 e. The van der Waals surface area contributed by atoms with Crippen LogP contribution in [0, 0.1) is 0 Å². The average molecular weight is 437 g/mol. The summed E-state index contributed by atoms with van der Waals surface area (Å²) in [4.78, 5) is 6.77. The molecule has 0 bridgehead atoms. The van der Waals surface area contributed by atoms with Gasteiger partial charge < -0.3 is 10.2 Å². The molecule has 5 rings (SSSR count). The lowest BCUT2D eigenvalue weighted by Gasteiger charge is -2.29. The summed E-state index contributed by atoms with van der Waals surface area (Å²) in [6, 6.07) is 16.9. The van der Waals surface area contributed by atoms with Crippen molar-refractivity contribution in [2.45, 2.75) is 25.4 Å². The number of nitrogens with zero attached hydrogens (tertiary/aromatic N) is 3. The summed E-state index contributed by atoms with van der Waals surface area (Å²) < 4.78 is 41.1. The number of halogens is 3. The molecule has 0 unspecified atom stereocenters. The maximum atomic E-state index is 13.7. The van der Waals surface area contributed by atoms with E-state index in [9.17, 15) is 13.2 Å². The Morgan fingerprint density at radius 1 is 0.906 bits per heavy atom. The van der Waals surface area contributed by atoms with E-state index in [1.54, 1.807) is 12.1 Å². The third-order valence-electron chi connectivity index (χ3n) is 5.76. The van der Waals surface area contributed by atoms with E-state index in [4.69, 9.17) is 0 Å². The molecular weight excluding hydrogens is 415 g/mol. The summed E-state index contributed by atoms with van der Waals surface area (Å²) >= 11 is 0. The van der Waals surface area contributed by atoms with Crippen molar-refractivity contribution in [3.63, 3.8) is 0 Å². The molecule has 0 spiro atoms. The van der Waals surface area contributed by atoms with Gasteiger partial charge in [-0.2, -0.15) is 18.3 Å². The molecule has 2 aromatic carbocycles. The highest BCUT2D eigenvalue weighted by molar-refractivity contribution is 5.91. The number of hydrogen-bond acceptors (Lipinski definition) is 4. The Hall–Kier alpha value is -3.55. The average Bonchev–Trinajstić information content (AvgIpc) is 3.22. The van der Waals surface area contributed by atoms with E-state index in [1.807, 2.05) is 30.3 Å². The molecule has 164 valence electrons. The molecule has 32 heavy (non-hydrogen) atoms. The number of alkyl halides is 3. The highest BCUT2D eigenvalue weighted by atomic mass is 19.4. The molecule has 1 fully saturated rings. The number of pyridine rings is 1. The third-order valence-corrected chi connectivity index (χ3v) is 5.76. The van der Waals surface area contributed by atoms with Gasteiger partial charge in [0.15, 0.2) is 5.82 Å². The monoisotopic (exact) mass is 437 g/mol. The molecule has 4 aromatic rings. The number of hydrogen-bond donors (Lipinski definition) is 2. The minimum atomic E-state index is -4.47. The van der Waals surface area contributed by atoms with E-state index in [1.165, 1.54) is 12.1 Å². The third kappa shape index (κ3) is 4.00. The predicted octanol–water partition coefficient (Wildman–Crippen LogP) is 6.38. The van der Waals surface area contributed by atoms with Gasteiger partial charge in [0.05, 0.1) is 16.8 Å². The second-order valence-corrected chi connectivity index (χ2v) is 7.93. The maximum absolute atomic E-state index is 13.7. The van der Waals surface area contributed by atoms with Gasteiger partial charge in [0, 0.05) is 35.8 Å². The second-order valence-electron chi connectivity index (χ2n) is 7.93. The molecule has 0 radical (unpaired) electrons. The lowest BCUT2D eigenvalue weighted by atomic mass is 10.0. The van der Waals surface area contributed by atoms with Crippen molar-refractivity contribution in [1.29, 1.82) is 0 Å². The van der Waals surface area contributed by atoms with Gasteiger partial charge in [0.1, 0.15) is 5.82 Å². The van der Waals surface area contributed by atoms with Crippen molar-refractivity contribution in [2.24, 2.45) is 0 Å². The van der Waals surface area contributed by atoms with Crippen LogP contribution < -0.4 is 10.2 Å². The first-order chi connectivity index (χ1) is 15.5. The van der Waals surface area contributed by atoms with E-state index in [0.29, 0.717) is 11.6 Å². The zero-order chi connectivity index (χ0) is 22.1. The van der Waals surface area contributed by atoms with Crippen LogP contribution in [-0.4, -0.2) is 28.3 Å². The van der Waals surface area contributed by atoms with Crippen LogP contribution in [0.15, 0.2) is 60.7 Å². The number of benzene rings is 2. The zero-order valence-electron chi connectivity index (χ0n) is 17.3. The van der Waals surface area contributed by atoms with Crippen LogP contribution in [0.25, 0.3) is 22.2 Å². The fourth-order valence-corrected chi connectivity index (χ4v) is 4.19. The van der Waals surface area contributed by atoms with Crippen LogP contribution in [0.4, 0.5) is 30.5 Å². The van der Waals surface area contributed by atoms with Crippen LogP contribution >= 0.6 is 0 Å². The summed E-state index contributed by atoms with van der Waals surface area (Å²) in [5.41, 5.74) is 1.37. The first-order valence-corrected chi connectivity index (χ1v) is 10.6. The summed E-state index contributed by atoms with van der Waals surface area (Å²) in [5, 5.41) is 11.4. The number of nitrogens with one attached hydrogen (secondary N) is 2. The lowest BCUT2D eigenvalue weighted by molar-refractivity contribution is -0.137. The molecule has 0 aliphatic carbocycles. The summed E-state index contributed by atoms with van der Waals surface area (Å²) in [6.07, 6.45) is -1.19. The van der Waals surface area contributed by atoms with Gasteiger partial charge in [-0.1, -0.05) is 30.3 Å². The fraction of sp³-hybridized carbons (Fsp3) is 0.250. The van der Waals surface area contributed by atoms with Gasteiger partial charge in [0.2, 0.25) is 0 Å². The highest BCUT2D eigenvalue weighted by Crippen LogP contribution is 2.38. The zero-order valence-corrected chi connectivity index (χ0v) is 17.3. The lowest BCUT2D eigenvalue weighted by Crippen LogP contribution is -2.29. The molecule has 1 aliphatic rings. The van der Waals surface area contributed by atoms with Gasteiger partial charge in [-0.05, 0) is 43.5 Å². The number of H-pyrrole nitrogens is 1. The van der Waals surface area contributed by atoms with Gasteiger partial charge in [-0.15, -0.1) is 0 Å². The molecule has 1 aliphatic heterocycles.